The summed E-state index contributed by atoms with van der Waals surface area (Å²) in [7, 11) is 0. The van der Waals surface area contributed by atoms with Gasteiger partial charge in [0.25, 0.3) is 5.56 Å². The molecular weight excluding hydrogens is 214 g/mol. The first kappa shape index (κ1) is 9.72. The molecular formula is C13H9N3O. The standard InChI is InChI=1S/C13H9N3O/c17-13-7-12(15-8-16-13)10-4-3-9-2-1-5-14-11(9)6-10/h1-8H,(H,15,16,17). The summed E-state index contributed by atoms with van der Waals surface area (Å²) in [5.74, 6) is 0. The van der Waals surface area contributed by atoms with E-state index in [0.717, 1.165) is 16.5 Å². The lowest BCUT2D eigenvalue weighted by atomic mass is 10.1. The van der Waals surface area contributed by atoms with Crippen LogP contribution in [0.1, 0.15) is 0 Å². The smallest absolute Gasteiger partial charge is 0.251 e. The van der Waals surface area contributed by atoms with Crippen molar-refractivity contribution in [2.75, 3.05) is 0 Å². The zero-order chi connectivity index (χ0) is 11.7. The lowest BCUT2D eigenvalue weighted by Crippen LogP contribution is -2.04. The molecule has 0 aliphatic heterocycles. The molecule has 0 fully saturated rings. The fourth-order valence-corrected chi connectivity index (χ4v) is 1.75. The van der Waals surface area contributed by atoms with Crippen LogP contribution >= 0.6 is 0 Å². The molecule has 0 unspecified atom stereocenters. The van der Waals surface area contributed by atoms with E-state index < -0.39 is 0 Å². The van der Waals surface area contributed by atoms with Crippen LogP contribution in [0.25, 0.3) is 22.2 Å². The molecule has 0 saturated heterocycles. The summed E-state index contributed by atoms with van der Waals surface area (Å²) in [5.41, 5.74) is 2.28. The summed E-state index contributed by atoms with van der Waals surface area (Å²) >= 11 is 0. The first-order chi connectivity index (χ1) is 8.33. The molecule has 3 rings (SSSR count). The Kier molecular flexibility index (Phi) is 2.19. The summed E-state index contributed by atoms with van der Waals surface area (Å²) in [5, 5.41) is 1.07. The summed E-state index contributed by atoms with van der Waals surface area (Å²) in [6.07, 6.45) is 3.15. The highest BCUT2D eigenvalue weighted by Crippen LogP contribution is 2.20. The van der Waals surface area contributed by atoms with Crippen LogP contribution in [-0.4, -0.2) is 15.0 Å². The van der Waals surface area contributed by atoms with Gasteiger partial charge in [-0.05, 0) is 12.1 Å². The Labute approximate surface area is 97.0 Å². The minimum atomic E-state index is -0.156. The first-order valence-electron chi connectivity index (χ1n) is 5.23. The van der Waals surface area contributed by atoms with Crippen LogP contribution in [-0.2, 0) is 0 Å². The van der Waals surface area contributed by atoms with Crippen LogP contribution in [0.3, 0.4) is 0 Å². The maximum absolute atomic E-state index is 11.2. The lowest BCUT2D eigenvalue weighted by Gasteiger charge is -2.01. The number of pyridine rings is 1. The largest absolute Gasteiger partial charge is 0.313 e. The molecule has 0 aliphatic rings. The molecule has 1 N–H and O–H groups in total. The topological polar surface area (TPSA) is 58.6 Å². The maximum Gasteiger partial charge on any atom is 0.251 e. The van der Waals surface area contributed by atoms with E-state index in [1.165, 1.54) is 12.4 Å². The summed E-state index contributed by atoms with van der Waals surface area (Å²) in [6.45, 7) is 0. The summed E-state index contributed by atoms with van der Waals surface area (Å²) in [4.78, 5) is 22.1. The molecule has 0 atom stereocenters. The zero-order valence-corrected chi connectivity index (χ0v) is 8.92. The van der Waals surface area contributed by atoms with Gasteiger partial charge in [0.2, 0.25) is 0 Å². The third-order valence-electron chi connectivity index (χ3n) is 2.58. The Morgan fingerprint density at radius 3 is 2.88 bits per heavy atom. The van der Waals surface area contributed by atoms with Gasteiger partial charge in [0.1, 0.15) is 0 Å². The fourth-order valence-electron chi connectivity index (χ4n) is 1.75. The van der Waals surface area contributed by atoms with Crippen molar-refractivity contribution in [2.45, 2.75) is 0 Å². The van der Waals surface area contributed by atoms with Crippen molar-refractivity contribution >= 4 is 10.9 Å². The average Bonchev–Trinajstić information content (AvgIpc) is 2.38. The second kappa shape index (κ2) is 3.83. The fraction of sp³-hybridized carbons (Fsp3) is 0. The molecule has 0 spiro atoms. The Hall–Kier alpha value is -2.49. The number of aromatic amines is 1. The maximum atomic E-state index is 11.2. The van der Waals surface area contributed by atoms with Crippen LogP contribution in [0.2, 0.25) is 0 Å². The number of hydrogen-bond donors (Lipinski definition) is 1. The van der Waals surface area contributed by atoms with Gasteiger partial charge in [-0.15, -0.1) is 0 Å². The van der Waals surface area contributed by atoms with Gasteiger partial charge in [-0.2, -0.15) is 0 Å². The molecule has 0 amide bonds. The molecule has 82 valence electrons. The number of H-pyrrole nitrogens is 1. The number of rotatable bonds is 1. The minimum Gasteiger partial charge on any atom is -0.313 e. The molecule has 3 aromatic rings. The van der Waals surface area contributed by atoms with Crippen molar-refractivity contribution < 1.29 is 0 Å². The summed E-state index contributed by atoms with van der Waals surface area (Å²) in [6, 6.07) is 11.2. The van der Waals surface area contributed by atoms with Gasteiger partial charge in [-0.25, -0.2) is 4.98 Å². The number of benzene rings is 1. The van der Waals surface area contributed by atoms with Crippen molar-refractivity contribution in [3.05, 3.63) is 59.3 Å². The van der Waals surface area contributed by atoms with Crippen LogP contribution < -0.4 is 5.56 Å². The van der Waals surface area contributed by atoms with Crippen LogP contribution in [0.5, 0.6) is 0 Å². The number of hydrogen-bond acceptors (Lipinski definition) is 3. The van der Waals surface area contributed by atoms with E-state index in [-0.39, 0.29) is 5.56 Å². The van der Waals surface area contributed by atoms with Crippen molar-refractivity contribution in [1.82, 2.24) is 15.0 Å². The molecule has 0 aliphatic carbocycles. The highest BCUT2D eigenvalue weighted by Gasteiger charge is 2.01. The van der Waals surface area contributed by atoms with Gasteiger partial charge >= 0.3 is 0 Å². The molecule has 2 aromatic heterocycles. The number of aromatic nitrogens is 3. The van der Waals surface area contributed by atoms with Crippen LogP contribution in [0.4, 0.5) is 0 Å². The van der Waals surface area contributed by atoms with Gasteiger partial charge in [-0.1, -0.05) is 18.2 Å². The monoisotopic (exact) mass is 223 g/mol. The van der Waals surface area contributed by atoms with Crippen molar-refractivity contribution in [3.8, 4) is 11.3 Å². The van der Waals surface area contributed by atoms with E-state index in [0.29, 0.717) is 5.69 Å². The van der Waals surface area contributed by atoms with Gasteiger partial charge in [0, 0.05) is 23.2 Å². The van der Waals surface area contributed by atoms with Crippen LogP contribution in [0.15, 0.2) is 53.7 Å². The quantitative estimate of drug-likeness (QED) is 0.686. The van der Waals surface area contributed by atoms with E-state index >= 15 is 0 Å². The minimum absolute atomic E-state index is 0.156. The number of fused-ring (bicyclic) bond motifs is 1. The second-order valence-electron chi connectivity index (χ2n) is 3.71. The zero-order valence-electron chi connectivity index (χ0n) is 8.92. The predicted molar refractivity (Wildman–Crippen MR) is 65.6 cm³/mol. The van der Waals surface area contributed by atoms with E-state index in [1.54, 1.807) is 6.20 Å². The van der Waals surface area contributed by atoms with Crippen molar-refractivity contribution in [3.63, 3.8) is 0 Å². The molecule has 17 heavy (non-hydrogen) atoms. The predicted octanol–water partition coefficient (Wildman–Crippen LogP) is 1.99. The third-order valence-corrected chi connectivity index (χ3v) is 2.58. The van der Waals surface area contributed by atoms with Crippen molar-refractivity contribution in [1.29, 1.82) is 0 Å². The highest BCUT2D eigenvalue weighted by atomic mass is 16.1. The molecule has 0 radical (unpaired) electrons. The van der Waals surface area contributed by atoms with Gasteiger partial charge in [0.15, 0.2) is 0 Å². The molecule has 4 nitrogen and oxygen atoms in total. The molecule has 4 heteroatoms. The van der Waals surface area contributed by atoms with Gasteiger partial charge in [-0.3, -0.25) is 9.78 Å². The molecule has 1 aromatic carbocycles. The van der Waals surface area contributed by atoms with Crippen LogP contribution in [0, 0.1) is 0 Å². The van der Waals surface area contributed by atoms with E-state index in [4.69, 9.17) is 0 Å². The Balaban J connectivity index is 2.21. The average molecular weight is 223 g/mol. The number of nitrogens with one attached hydrogen (secondary N) is 1. The molecule has 0 bridgehead atoms. The Bertz CT molecular complexity index is 734. The van der Waals surface area contributed by atoms with Gasteiger partial charge < -0.3 is 4.98 Å². The second-order valence-corrected chi connectivity index (χ2v) is 3.71. The van der Waals surface area contributed by atoms with E-state index in [2.05, 4.69) is 15.0 Å². The summed E-state index contributed by atoms with van der Waals surface area (Å²) < 4.78 is 0. The number of nitrogens with zero attached hydrogens (tertiary/aromatic N) is 2. The Morgan fingerprint density at radius 2 is 2.00 bits per heavy atom. The van der Waals surface area contributed by atoms with E-state index in [9.17, 15) is 4.79 Å². The molecule has 2 heterocycles. The Morgan fingerprint density at radius 1 is 1.06 bits per heavy atom. The third kappa shape index (κ3) is 1.80. The van der Waals surface area contributed by atoms with E-state index in [1.807, 2.05) is 30.3 Å². The highest BCUT2D eigenvalue weighted by molar-refractivity contribution is 5.83. The van der Waals surface area contributed by atoms with Gasteiger partial charge in [0.05, 0.1) is 17.5 Å². The normalized spacial score (nSPS) is 10.6. The lowest BCUT2D eigenvalue weighted by molar-refractivity contribution is 1.12. The SMILES string of the molecule is O=c1cc(-c2ccc3cccnc3c2)nc[nH]1. The molecule has 0 saturated carbocycles. The van der Waals surface area contributed by atoms with Crippen molar-refractivity contribution in [2.24, 2.45) is 0 Å². The first-order valence-corrected chi connectivity index (χ1v) is 5.23.